The van der Waals surface area contributed by atoms with E-state index < -0.39 is 18.0 Å². The van der Waals surface area contributed by atoms with E-state index in [0.717, 1.165) is 6.20 Å². The highest BCUT2D eigenvalue weighted by atomic mass is 19.1. The van der Waals surface area contributed by atoms with E-state index in [2.05, 4.69) is 20.2 Å². The maximum absolute atomic E-state index is 14.4. The highest BCUT2D eigenvalue weighted by molar-refractivity contribution is 5.63. The second-order valence-corrected chi connectivity index (χ2v) is 7.45. The van der Waals surface area contributed by atoms with Crippen LogP contribution in [0.25, 0.3) is 22.9 Å². The lowest BCUT2D eigenvalue weighted by Crippen LogP contribution is -2.24. The fraction of sp³-hybridized carbons (Fsp3) is 0.238. The minimum Gasteiger partial charge on any atom is -0.389 e. The molecule has 0 amide bonds. The Morgan fingerprint density at radius 3 is 2.53 bits per heavy atom. The minimum atomic E-state index is -0.994. The second kappa shape index (κ2) is 8.09. The molecule has 1 aliphatic rings. The number of aliphatic hydroxyl groups is 2. The first-order valence-corrected chi connectivity index (χ1v) is 9.85. The molecule has 11 heteroatoms. The van der Waals surface area contributed by atoms with E-state index in [1.807, 2.05) is 0 Å². The van der Waals surface area contributed by atoms with Gasteiger partial charge in [-0.1, -0.05) is 23.4 Å². The van der Waals surface area contributed by atoms with Gasteiger partial charge in [0.25, 0.3) is 0 Å². The number of benzene rings is 1. The molecule has 5 rings (SSSR count). The molecule has 32 heavy (non-hydrogen) atoms. The molecule has 0 aliphatic carbocycles. The quantitative estimate of drug-likeness (QED) is 0.484. The summed E-state index contributed by atoms with van der Waals surface area (Å²) in [5, 5.41) is 28.0. The van der Waals surface area contributed by atoms with Crippen molar-refractivity contribution in [1.82, 2.24) is 24.9 Å². The van der Waals surface area contributed by atoms with Gasteiger partial charge in [-0.25, -0.2) is 18.7 Å². The number of halogens is 2. The van der Waals surface area contributed by atoms with Gasteiger partial charge in [0, 0.05) is 24.7 Å². The first-order chi connectivity index (χ1) is 15.5. The number of nitrogens with zero attached hydrogens (tertiary/aromatic N) is 6. The molecule has 164 valence electrons. The van der Waals surface area contributed by atoms with Crippen molar-refractivity contribution in [1.29, 1.82) is 0 Å². The fourth-order valence-electron chi connectivity index (χ4n) is 3.63. The molecule has 3 aromatic heterocycles. The summed E-state index contributed by atoms with van der Waals surface area (Å²) in [5.41, 5.74) is 1.76. The largest absolute Gasteiger partial charge is 0.389 e. The monoisotopic (exact) mass is 440 g/mol. The molecule has 9 nitrogen and oxygen atoms in total. The summed E-state index contributed by atoms with van der Waals surface area (Å²) in [6.45, 7) is 0.203. The highest BCUT2D eigenvalue weighted by Gasteiger charge is 2.32. The lowest BCUT2D eigenvalue weighted by Gasteiger charge is -2.17. The third-order valence-electron chi connectivity index (χ3n) is 5.27. The molecule has 1 saturated heterocycles. The van der Waals surface area contributed by atoms with Crippen LogP contribution in [0, 0.1) is 11.6 Å². The fourth-order valence-corrected chi connectivity index (χ4v) is 3.63. The number of rotatable bonds is 5. The second-order valence-electron chi connectivity index (χ2n) is 7.45. The van der Waals surface area contributed by atoms with Crippen LogP contribution in [0.15, 0.2) is 53.4 Å². The van der Waals surface area contributed by atoms with Crippen LogP contribution >= 0.6 is 0 Å². The van der Waals surface area contributed by atoms with Crippen LogP contribution in [0.4, 0.5) is 14.6 Å². The lowest BCUT2D eigenvalue weighted by atomic mass is 10.2. The zero-order valence-corrected chi connectivity index (χ0v) is 16.6. The van der Waals surface area contributed by atoms with E-state index in [4.69, 9.17) is 4.52 Å². The Morgan fingerprint density at radius 2 is 1.81 bits per heavy atom. The van der Waals surface area contributed by atoms with Gasteiger partial charge in [0.05, 0.1) is 30.6 Å². The van der Waals surface area contributed by atoms with Crippen LogP contribution in [0.2, 0.25) is 0 Å². The maximum Gasteiger partial charge on any atom is 0.183 e. The van der Waals surface area contributed by atoms with E-state index in [0.29, 0.717) is 22.6 Å². The Labute approximate surface area is 180 Å². The van der Waals surface area contributed by atoms with Crippen molar-refractivity contribution in [2.75, 3.05) is 18.0 Å². The molecule has 1 unspecified atom stereocenters. The van der Waals surface area contributed by atoms with Gasteiger partial charge < -0.3 is 19.6 Å². The van der Waals surface area contributed by atoms with Crippen LogP contribution in [0.3, 0.4) is 0 Å². The van der Waals surface area contributed by atoms with Crippen molar-refractivity contribution in [2.45, 2.75) is 18.8 Å². The van der Waals surface area contributed by atoms with Gasteiger partial charge in [0.2, 0.25) is 0 Å². The normalized spacial score (nSPS) is 18.4. The zero-order chi connectivity index (χ0) is 22.2. The number of hydrogen-bond donors (Lipinski definition) is 2. The molecular formula is C21H18F2N6O3. The van der Waals surface area contributed by atoms with Gasteiger partial charge in [-0.3, -0.25) is 4.68 Å². The molecule has 0 spiro atoms. The summed E-state index contributed by atoms with van der Waals surface area (Å²) in [6.07, 6.45) is 0.435. The van der Waals surface area contributed by atoms with Crippen LogP contribution in [0.5, 0.6) is 0 Å². The van der Waals surface area contributed by atoms with Gasteiger partial charge in [0.15, 0.2) is 17.5 Å². The number of aromatic nitrogens is 5. The SMILES string of the molecule is OC1CN(c2nc(-c3cc(-c4ccon4)n(Cc4ccccc4F)n3)ncc2F)C[C@H]1O. The molecule has 2 N–H and O–H groups in total. The van der Waals surface area contributed by atoms with Crippen molar-refractivity contribution in [3.63, 3.8) is 0 Å². The Balaban J connectivity index is 1.54. The molecule has 0 saturated carbocycles. The summed E-state index contributed by atoms with van der Waals surface area (Å²) in [7, 11) is 0. The standard InChI is InChI=1S/C21H18F2N6O3/c22-13-4-2-1-3-12(13)9-29-17(15-5-6-32-27-15)7-16(26-29)20-24-8-14(23)21(25-20)28-10-18(30)19(31)11-28/h1-8,18-19,30-31H,9-11H2/t18-,19?/m1/s1. The Bertz CT molecular complexity index is 1240. The maximum atomic E-state index is 14.4. The molecule has 1 aliphatic heterocycles. The Kier molecular flexibility index (Phi) is 5.11. The average molecular weight is 440 g/mol. The molecule has 0 radical (unpaired) electrons. The molecule has 4 heterocycles. The number of β-amino-alcohol motifs (C(OH)–C–C–N with tert-alkyl or cyclic N) is 2. The predicted octanol–water partition coefficient (Wildman–Crippen LogP) is 1.86. The summed E-state index contributed by atoms with van der Waals surface area (Å²) in [4.78, 5) is 9.77. The topological polar surface area (TPSA) is 113 Å². The summed E-state index contributed by atoms with van der Waals surface area (Å²) in [6, 6.07) is 9.65. The summed E-state index contributed by atoms with van der Waals surface area (Å²) < 4.78 is 35.1. The number of anilines is 1. The molecule has 1 aromatic carbocycles. The zero-order valence-electron chi connectivity index (χ0n) is 16.6. The van der Waals surface area contributed by atoms with Gasteiger partial charge in [-0.05, 0) is 12.1 Å². The molecular weight excluding hydrogens is 422 g/mol. The van der Waals surface area contributed by atoms with Crippen molar-refractivity contribution in [3.05, 3.63) is 66.1 Å². The summed E-state index contributed by atoms with van der Waals surface area (Å²) >= 11 is 0. The summed E-state index contributed by atoms with van der Waals surface area (Å²) in [5.74, 6) is -0.966. The van der Waals surface area contributed by atoms with E-state index in [9.17, 15) is 19.0 Å². The van der Waals surface area contributed by atoms with Crippen molar-refractivity contribution in [3.8, 4) is 22.9 Å². The van der Waals surface area contributed by atoms with Crippen LogP contribution in [-0.4, -0.2) is 60.4 Å². The molecule has 1 fully saturated rings. The Hall–Kier alpha value is -3.70. The van der Waals surface area contributed by atoms with E-state index in [-0.39, 0.29) is 37.1 Å². The van der Waals surface area contributed by atoms with Crippen LogP contribution < -0.4 is 4.90 Å². The minimum absolute atomic E-state index is 0.0421. The van der Waals surface area contributed by atoms with Gasteiger partial charge in [0.1, 0.15) is 23.5 Å². The first kappa shape index (κ1) is 20.2. The predicted molar refractivity (Wildman–Crippen MR) is 108 cm³/mol. The van der Waals surface area contributed by atoms with E-state index in [1.54, 1.807) is 35.0 Å². The van der Waals surface area contributed by atoms with E-state index >= 15 is 0 Å². The third-order valence-corrected chi connectivity index (χ3v) is 5.27. The van der Waals surface area contributed by atoms with Gasteiger partial charge in [-0.2, -0.15) is 5.10 Å². The smallest absolute Gasteiger partial charge is 0.183 e. The van der Waals surface area contributed by atoms with Gasteiger partial charge in [-0.15, -0.1) is 0 Å². The third kappa shape index (κ3) is 3.72. The van der Waals surface area contributed by atoms with Crippen molar-refractivity contribution >= 4 is 5.82 Å². The highest BCUT2D eigenvalue weighted by Crippen LogP contribution is 2.28. The van der Waals surface area contributed by atoms with Gasteiger partial charge >= 0.3 is 0 Å². The van der Waals surface area contributed by atoms with Crippen LogP contribution in [0.1, 0.15) is 5.56 Å². The first-order valence-electron chi connectivity index (χ1n) is 9.85. The van der Waals surface area contributed by atoms with Crippen molar-refractivity contribution in [2.24, 2.45) is 0 Å². The number of aliphatic hydroxyl groups excluding tert-OH is 2. The molecule has 4 aromatic rings. The number of hydrogen-bond acceptors (Lipinski definition) is 8. The average Bonchev–Trinajstić information content (AvgIpc) is 3.51. The van der Waals surface area contributed by atoms with Crippen LogP contribution in [-0.2, 0) is 6.54 Å². The van der Waals surface area contributed by atoms with Crippen molar-refractivity contribution < 1.29 is 23.5 Å². The molecule has 2 atom stereocenters. The van der Waals surface area contributed by atoms with E-state index in [1.165, 1.54) is 17.2 Å². The lowest BCUT2D eigenvalue weighted by molar-refractivity contribution is 0.0572. The Morgan fingerprint density at radius 1 is 1.03 bits per heavy atom. The molecule has 0 bridgehead atoms.